The summed E-state index contributed by atoms with van der Waals surface area (Å²) in [6.07, 6.45) is 5.70. The van der Waals surface area contributed by atoms with Gasteiger partial charge >= 0.3 is 0 Å². The quantitative estimate of drug-likeness (QED) is 0.788. The van der Waals surface area contributed by atoms with Gasteiger partial charge in [-0.3, -0.25) is 5.10 Å². The highest BCUT2D eigenvalue weighted by Gasteiger charge is 2.11. The Morgan fingerprint density at radius 1 is 1.26 bits per heavy atom. The van der Waals surface area contributed by atoms with Crippen molar-refractivity contribution in [3.8, 4) is 11.3 Å². The van der Waals surface area contributed by atoms with Crippen molar-refractivity contribution < 1.29 is 0 Å². The van der Waals surface area contributed by atoms with Crippen LogP contribution in [0.4, 0.5) is 5.69 Å². The van der Waals surface area contributed by atoms with Gasteiger partial charge in [-0.05, 0) is 37.6 Å². The lowest BCUT2D eigenvalue weighted by Gasteiger charge is -2.24. The summed E-state index contributed by atoms with van der Waals surface area (Å²) in [5.74, 6) is 0. The van der Waals surface area contributed by atoms with Gasteiger partial charge in [-0.15, -0.1) is 0 Å². The van der Waals surface area contributed by atoms with E-state index in [9.17, 15) is 0 Å². The van der Waals surface area contributed by atoms with E-state index in [1.54, 1.807) is 6.20 Å². The molecule has 0 radical (unpaired) electrons. The number of benzene rings is 1. The van der Waals surface area contributed by atoms with E-state index in [2.05, 4.69) is 45.1 Å². The number of aromatic amines is 1. The maximum absolute atomic E-state index is 3.99. The van der Waals surface area contributed by atoms with Gasteiger partial charge in [0.2, 0.25) is 0 Å². The van der Waals surface area contributed by atoms with Gasteiger partial charge in [-0.25, -0.2) is 0 Å². The molecular weight excluding hydrogens is 236 g/mol. The van der Waals surface area contributed by atoms with E-state index in [0.29, 0.717) is 6.04 Å². The number of nitrogens with zero attached hydrogens (tertiary/aromatic N) is 1. The molecule has 0 aliphatic carbocycles. The summed E-state index contributed by atoms with van der Waals surface area (Å²) in [5, 5.41) is 14.1. The second-order valence-electron chi connectivity index (χ2n) is 5.08. The van der Waals surface area contributed by atoms with Crippen LogP contribution in [-0.2, 0) is 0 Å². The van der Waals surface area contributed by atoms with Gasteiger partial charge in [0, 0.05) is 30.0 Å². The van der Waals surface area contributed by atoms with Crippen LogP contribution in [0.25, 0.3) is 11.3 Å². The molecule has 1 aliphatic rings. The topological polar surface area (TPSA) is 52.7 Å². The lowest BCUT2D eigenvalue weighted by Crippen LogP contribution is -2.39. The van der Waals surface area contributed by atoms with Gasteiger partial charge in [0.05, 0.1) is 5.69 Å². The SMILES string of the molecule is c1cc(NCC2CCCCN2)cc(-c2ccn[nH]2)c1. The van der Waals surface area contributed by atoms with Crippen molar-refractivity contribution >= 4 is 5.69 Å². The molecular formula is C15H20N4. The van der Waals surface area contributed by atoms with Crippen LogP contribution in [0.15, 0.2) is 36.5 Å². The molecule has 1 saturated heterocycles. The molecule has 3 N–H and O–H groups in total. The molecule has 4 nitrogen and oxygen atoms in total. The number of aromatic nitrogens is 2. The van der Waals surface area contributed by atoms with Gasteiger partial charge in [0.15, 0.2) is 0 Å². The van der Waals surface area contributed by atoms with E-state index in [1.807, 2.05) is 6.07 Å². The Bertz CT molecular complexity index is 501. The third-order valence-electron chi connectivity index (χ3n) is 3.64. The minimum absolute atomic E-state index is 0.601. The minimum atomic E-state index is 0.601. The molecule has 2 heterocycles. The average Bonchev–Trinajstić information content (AvgIpc) is 3.01. The first-order chi connectivity index (χ1) is 9.42. The Balaban J connectivity index is 1.63. The summed E-state index contributed by atoms with van der Waals surface area (Å²) in [6.45, 7) is 2.15. The molecule has 3 rings (SSSR count). The smallest absolute Gasteiger partial charge is 0.0650 e. The normalized spacial score (nSPS) is 19.3. The maximum Gasteiger partial charge on any atom is 0.0650 e. The third-order valence-corrected chi connectivity index (χ3v) is 3.64. The Morgan fingerprint density at radius 2 is 2.26 bits per heavy atom. The fourth-order valence-electron chi connectivity index (χ4n) is 2.55. The average molecular weight is 256 g/mol. The van der Waals surface area contributed by atoms with E-state index in [4.69, 9.17) is 0 Å². The minimum Gasteiger partial charge on any atom is -0.383 e. The van der Waals surface area contributed by atoms with Gasteiger partial charge in [-0.1, -0.05) is 18.6 Å². The Morgan fingerprint density at radius 3 is 3.05 bits per heavy atom. The molecule has 100 valence electrons. The summed E-state index contributed by atoms with van der Waals surface area (Å²) in [4.78, 5) is 0. The fourth-order valence-corrected chi connectivity index (χ4v) is 2.55. The second-order valence-corrected chi connectivity index (χ2v) is 5.08. The van der Waals surface area contributed by atoms with Gasteiger partial charge < -0.3 is 10.6 Å². The summed E-state index contributed by atoms with van der Waals surface area (Å²) >= 11 is 0. The predicted octanol–water partition coefficient (Wildman–Crippen LogP) is 2.63. The van der Waals surface area contributed by atoms with Crippen molar-refractivity contribution in [3.63, 3.8) is 0 Å². The van der Waals surface area contributed by atoms with Crippen molar-refractivity contribution in [2.75, 3.05) is 18.4 Å². The zero-order valence-electron chi connectivity index (χ0n) is 11.0. The van der Waals surface area contributed by atoms with Crippen LogP contribution in [-0.4, -0.2) is 29.3 Å². The van der Waals surface area contributed by atoms with E-state index < -0.39 is 0 Å². The Labute approximate surface area is 113 Å². The van der Waals surface area contributed by atoms with E-state index in [-0.39, 0.29) is 0 Å². The number of H-pyrrole nitrogens is 1. The summed E-state index contributed by atoms with van der Waals surface area (Å²) in [5.41, 5.74) is 3.39. The number of nitrogens with one attached hydrogen (secondary N) is 3. The van der Waals surface area contributed by atoms with Crippen molar-refractivity contribution in [1.82, 2.24) is 15.5 Å². The van der Waals surface area contributed by atoms with Crippen LogP contribution in [0.3, 0.4) is 0 Å². The molecule has 1 fully saturated rings. The Hall–Kier alpha value is -1.81. The summed E-state index contributed by atoms with van der Waals surface area (Å²) in [6, 6.07) is 11.0. The van der Waals surface area contributed by atoms with Crippen LogP contribution in [0.5, 0.6) is 0 Å². The largest absolute Gasteiger partial charge is 0.383 e. The van der Waals surface area contributed by atoms with Crippen molar-refractivity contribution in [3.05, 3.63) is 36.5 Å². The molecule has 19 heavy (non-hydrogen) atoms. The van der Waals surface area contributed by atoms with Crippen LogP contribution in [0, 0.1) is 0 Å². The highest BCUT2D eigenvalue weighted by molar-refractivity contribution is 5.64. The molecule has 0 amide bonds. The van der Waals surface area contributed by atoms with Gasteiger partial charge in [-0.2, -0.15) is 5.10 Å². The lowest BCUT2D eigenvalue weighted by molar-refractivity contribution is 0.414. The van der Waals surface area contributed by atoms with Crippen LogP contribution in [0.1, 0.15) is 19.3 Å². The van der Waals surface area contributed by atoms with Gasteiger partial charge in [0.25, 0.3) is 0 Å². The van der Waals surface area contributed by atoms with Crippen molar-refractivity contribution in [2.24, 2.45) is 0 Å². The Kier molecular flexibility index (Phi) is 3.79. The van der Waals surface area contributed by atoms with E-state index in [1.165, 1.54) is 30.5 Å². The lowest BCUT2D eigenvalue weighted by atomic mass is 10.0. The monoisotopic (exact) mass is 256 g/mol. The number of anilines is 1. The number of piperidine rings is 1. The first kappa shape index (κ1) is 12.2. The highest BCUT2D eigenvalue weighted by atomic mass is 15.1. The molecule has 0 saturated carbocycles. The molecule has 1 unspecified atom stereocenters. The fraction of sp³-hybridized carbons (Fsp3) is 0.400. The van der Waals surface area contributed by atoms with Crippen LogP contribution in [0.2, 0.25) is 0 Å². The van der Waals surface area contributed by atoms with E-state index in [0.717, 1.165) is 18.8 Å². The van der Waals surface area contributed by atoms with Crippen LogP contribution < -0.4 is 10.6 Å². The number of rotatable bonds is 4. The highest BCUT2D eigenvalue weighted by Crippen LogP contribution is 2.20. The number of hydrogen-bond acceptors (Lipinski definition) is 3. The van der Waals surface area contributed by atoms with Crippen molar-refractivity contribution in [2.45, 2.75) is 25.3 Å². The number of hydrogen-bond donors (Lipinski definition) is 3. The zero-order chi connectivity index (χ0) is 12.9. The van der Waals surface area contributed by atoms with Crippen LogP contribution >= 0.6 is 0 Å². The molecule has 2 aromatic rings. The first-order valence-electron chi connectivity index (χ1n) is 6.99. The van der Waals surface area contributed by atoms with Crippen molar-refractivity contribution in [1.29, 1.82) is 0 Å². The predicted molar refractivity (Wildman–Crippen MR) is 78.2 cm³/mol. The summed E-state index contributed by atoms with van der Waals surface area (Å²) < 4.78 is 0. The van der Waals surface area contributed by atoms with E-state index >= 15 is 0 Å². The second kappa shape index (κ2) is 5.89. The molecule has 0 spiro atoms. The zero-order valence-corrected chi connectivity index (χ0v) is 11.0. The molecule has 1 aromatic heterocycles. The molecule has 1 atom stereocenters. The van der Waals surface area contributed by atoms with Gasteiger partial charge in [0.1, 0.15) is 0 Å². The first-order valence-corrected chi connectivity index (χ1v) is 6.99. The molecule has 1 aromatic carbocycles. The maximum atomic E-state index is 3.99. The molecule has 4 heteroatoms. The third kappa shape index (κ3) is 3.15. The standard InChI is InChI=1S/C15H20N4/c1-2-8-16-14(5-1)11-17-13-6-3-4-12(10-13)15-7-9-18-19-15/h3-4,6-7,9-10,14,16-17H,1-2,5,8,11H2,(H,18,19). The summed E-state index contributed by atoms with van der Waals surface area (Å²) in [7, 11) is 0. The molecule has 0 bridgehead atoms. The molecule has 1 aliphatic heterocycles.